The lowest BCUT2D eigenvalue weighted by molar-refractivity contribution is 0.149. The molecule has 100 valence electrons. The van der Waals surface area contributed by atoms with Crippen LogP contribution in [0, 0.1) is 5.92 Å². The zero-order chi connectivity index (χ0) is 13.0. The smallest absolute Gasteiger partial charge is 0.265 e. The molecule has 1 aromatic carbocycles. The molecule has 0 saturated heterocycles. The molecule has 0 amide bonds. The summed E-state index contributed by atoms with van der Waals surface area (Å²) in [7, 11) is 0. The quantitative estimate of drug-likeness (QED) is 0.727. The molecule has 0 unspecified atom stereocenters. The van der Waals surface area contributed by atoms with Crippen LogP contribution in [0.4, 0.5) is 8.78 Å². The van der Waals surface area contributed by atoms with Crippen molar-refractivity contribution in [3.63, 3.8) is 0 Å². The highest BCUT2D eigenvalue weighted by molar-refractivity contribution is 9.10. The summed E-state index contributed by atoms with van der Waals surface area (Å²) in [4.78, 5) is 0. The van der Waals surface area contributed by atoms with E-state index in [2.05, 4.69) is 15.9 Å². The minimum Gasteiger partial charge on any atom is -0.492 e. The van der Waals surface area contributed by atoms with E-state index in [1.165, 1.54) is 38.2 Å². The van der Waals surface area contributed by atoms with Crippen LogP contribution in [0.15, 0.2) is 22.7 Å². The van der Waals surface area contributed by atoms with Crippen LogP contribution in [-0.2, 0) is 0 Å². The molecule has 0 heterocycles. The Morgan fingerprint density at radius 2 is 1.94 bits per heavy atom. The lowest BCUT2D eigenvalue weighted by atomic mass is 9.90. The fourth-order valence-electron chi connectivity index (χ4n) is 2.37. The molecule has 1 fully saturated rings. The molecule has 1 aliphatic rings. The second kappa shape index (κ2) is 6.50. The van der Waals surface area contributed by atoms with E-state index < -0.39 is 6.43 Å². The maximum Gasteiger partial charge on any atom is 0.265 e. The van der Waals surface area contributed by atoms with E-state index in [4.69, 9.17) is 4.74 Å². The van der Waals surface area contributed by atoms with E-state index in [1.54, 1.807) is 12.1 Å². The van der Waals surface area contributed by atoms with Gasteiger partial charge in [0.05, 0.1) is 11.1 Å². The van der Waals surface area contributed by atoms with Gasteiger partial charge in [-0.15, -0.1) is 0 Å². The van der Waals surface area contributed by atoms with E-state index in [1.807, 2.05) is 0 Å². The molecule has 1 aromatic rings. The van der Waals surface area contributed by atoms with Crippen molar-refractivity contribution >= 4 is 15.9 Å². The molecule has 18 heavy (non-hydrogen) atoms. The number of hydrogen-bond acceptors (Lipinski definition) is 1. The molecule has 0 atom stereocenters. The van der Waals surface area contributed by atoms with Crippen molar-refractivity contribution in [1.29, 1.82) is 0 Å². The van der Waals surface area contributed by atoms with Gasteiger partial charge in [-0.1, -0.05) is 31.4 Å². The monoisotopic (exact) mass is 318 g/mol. The molecular formula is C14H17BrF2O. The van der Waals surface area contributed by atoms with Crippen LogP contribution in [0.2, 0.25) is 0 Å². The zero-order valence-electron chi connectivity index (χ0n) is 10.2. The summed E-state index contributed by atoms with van der Waals surface area (Å²) in [6.07, 6.45) is 3.72. The standard InChI is InChI=1S/C14H17BrF2O/c15-13-11(14(16)17)7-4-8-12(13)18-9-10-5-2-1-3-6-10/h4,7-8,10,14H,1-3,5-6,9H2. The molecular weight excluding hydrogens is 302 g/mol. The van der Waals surface area contributed by atoms with Crippen LogP contribution in [0.3, 0.4) is 0 Å². The van der Waals surface area contributed by atoms with Crippen molar-refractivity contribution in [3.8, 4) is 5.75 Å². The van der Waals surface area contributed by atoms with Gasteiger partial charge < -0.3 is 4.74 Å². The average Bonchev–Trinajstić information content (AvgIpc) is 2.38. The van der Waals surface area contributed by atoms with Crippen LogP contribution in [0.25, 0.3) is 0 Å². The van der Waals surface area contributed by atoms with Gasteiger partial charge >= 0.3 is 0 Å². The summed E-state index contributed by atoms with van der Waals surface area (Å²) >= 11 is 3.20. The van der Waals surface area contributed by atoms with Crippen LogP contribution in [-0.4, -0.2) is 6.61 Å². The highest BCUT2D eigenvalue weighted by atomic mass is 79.9. The predicted molar refractivity (Wildman–Crippen MR) is 71.2 cm³/mol. The van der Waals surface area contributed by atoms with E-state index in [-0.39, 0.29) is 5.56 Å². The highest BCUT2D eigenvalue weighted by Gasteiger charge is 2.17. The van der Waals surface area contributed by atoms with Crippen molar-refractivity contribution in [1.82, 2.24) is 0 Å². The van der Waals surface area contributed by atoms with Gasteiger partial charge in [-0.3, -0.25) is 0 Å². The van der Waals surface area contributed by atoms with Gasteiger partial charge in [-0.2, -0.15) is 0 Å². The molecule has 1 aliphatic carbocycles. The molecule has 0 aromatic heterocycles. The third-order valence-electron chi connectivity index (χ3n) is 3.43. The first-order valence-electron chi connectivity index (χ1n) is 6.38. The third-order valence-corrected chi connectivity index (χ3v) is 4.28. The van der Waals surface area contributed by atoms with E-state index in [0.717, 1.165) is 0 Å². The lowest BCUT2D eigenvalue weighted by Crippen LogP contribution is -2.15. The highest BCUT2D eigenvalue weighted by Crippen LogP contribution is 2.35. The second-order valence-corrected chi connectivity index (χ2v) is 5.57. The summed E-state index contributed by atoms with van der Waals surface area (Å²) in [5.74, 6) is 1.10. The third kappa shape index (κ3) is 3.44. The second-order valence-electron chi connectivity index (χ2n) is 4.78. The first-order valence-corrected chi connectivity index (χ1v) is 7.17. The number of alkyl halides is 2. The Labute approximate surface area is 115 Å². The Bertz CT molecular complexity index is 389. The number of benzene rings is 1. The van der Waals surface area contributed by atoms with Crippen LogP contribution in [0.5, 0.6) is 5.75 Å². The van der Waals surface area contributed by atoms with Crippen LogP contribution < -0.4 is 4.74 Å². The summed E-state index contributed by atoms with van der Waals surface area (Å²) in [5.41, 5.74) is -0.00357. The van der Waals surface area contributed by atoms with Gasteiger partial charge in [0.25, 0.3) is 6.43 Å². The maximum atomic E-state index is 12.7. The molecule has 1 nitrogen and oxygen atoms in total. The topological polar surface area (TPSA) is 9.23 Å². The van der Waals surface area contributed by atoms with Crippen molar-refractivity contribution in [2.45, 2.75) is 38.5 Å². The Balaban J connectivity index is 1.98. The van der Waals surface area contributed by atoms with Crippen molar-refractivity contribution in [2.24, 2.45) is 5.92 Å². The molecule has 0 bridgehead atoms. The van der Waals surface area contributed by atoms with Crippen molar-refractivity contribution < 1.29 is 13.5 Å². The van der Waals surface area contributed by atoms with Gasteiger partial charge in [-0.25, -0.2) is 8.78 Å². The summed E-state index contributed by atoms with van der Waals surface area (Å²) in [5, 5.41) is 0. The molecule has 1 saturated carbocycles. The van der Waals surface area contributed by atoms with Crippen molar-refractivity contribution in [2.75, 3.05) is 6.61 Å². The van der Waals surface area contributed by atoms with Crippen LogP contribution in [0.1, 0.15) is 44.1 Å². The number of ether oxygens (including phenoxy) is 1. The Hall–Kier alpha value is -0.640. The Morgan fingerprint density at radius 1 is 1.22 bits per heavy atom. The number of halogens is 3. The summed E-state index contributed by atoms with van der Waals surface area (Å²) < 4.78 is 31.5. The minimum atomic E-state index is -2.47. The van der Waals surface area contributed by atoms with E-state index in [9.17, 15) is 8.78 Å². The molecule has 0 aliphatic heterocycles. The van der Waals surface area contributed by atoms with E-state index >= 15 is 0 Å². The van der Waals surface area contributed by atoms with Gasteiger partial charge in [-0.05, 0) is 40.8 Å². The average molecular weight is 319 g/mol. The Kier molecular flexibility index (Phi) is 4.98. The Morgan fingerprint density at radius 3 is 2.61 bits per heavy atom. The SMILES string of the molecule is FC(F)c1cccc(OCC2CCCCC2)c1Br. The number of rotatable bonds is 4. The van der Waals surface area contributed by atoms with Gasteiger partial charge in [0.15, 0.2) is 0 Å². The largest absolute Gasteiger partial charge is 0.492 e. The van der Waals surface area contributed by atoms with E-state index in [0.29, 0.717) is 22.7 Å². The maximum absolute atomic E-state index is 12.7. The first kappa shape index (κ1) is 13.8. The van der Waals surface area contributed by atoms with Gasteiger partial charge in [0.1, 0.15) is 5.75 Å². The fraction of sp³-hybridized carbons (Fsp3) is 0.571. The minimum absolute atomic E-state index is 0.00357. The molecule has 0 spiro atoms. The summed E-state index contributed by atoms with van der Waals surface area (Å²) in [6.45, 7) is 0.630. The normalized spacial score (nSPS) is 17.1. The van der Waals surface area contributed by atoms with Crippen molar-refractivity contribution in [3.05, 3.63) is 28.2 Å². The molecule has 2 rings (SSSR count). The molecule has 4 heteroatoms. The van der Waals surface area contributed by atoms with Crippen LogP contribution >= 0.6 is 15.9 Å². The predicted octanol–water partition coefficient (Wildman–Crippen LogP) is 5.35. The first-order chi connectivity index (χ1) is 8.68. The molecule has 0 N–H and O–H groups in total. The molecule has 0 radical (unpaired) electrons. The number of hydrogen-bond donors (Lipinski definition) is 0. The van der Waals surface area contributed by atoms with Gasteiger partial charge in [0.2, 0.25) is 0 Å². The zero-order valence-corrected chi connectivity index (χ0v) is 11.8. The lowest BCUT2D eigenvalue weighted by Gasteiger charge is -2.22. The fourth-order valence-corrected chi connectivity index (χ4v) is 2.92. The summed E-state index contributed by atoms with van der Waals surface area (Å²) in [6, 6.07) is 4.77. The van der Waals surface area contributed by atoms with Gasteiger partial charge in [0, 0.05) is 5.56 Å².